The highest BCUT2D eigenvalue weighted by Crippen LogP contribution is 2.36. The predicted molar refractivity (Wildman–Crippen MR) is 103 cm³/mol. The molecule has 0 saturated heterocycles. The van der Waals surface area contributed by atoms with Gasteiger partial charge >= 0.3 is 0 Å². The minimum atomic E-state index is -0.156. The molecule has 0 radical (unpaired) electrons. The Hall–Kier alpha value is -2.17. The number of benzene rings is 2. The Morgan fingerprint density at radius 3 is 2.42 bits per heavy atom. The molecule has 0 aromatic heterocycles. The van der Waals surface area contributed by atoms with Gasteiger partial charge in [0, 0.05) is 45.9 Å². The van der Waals surface area contributed by atoms with Crippen molar-refractivity contribution in [2.75, 3.05) is 19.8 Å². The molecule has 4 nitrogen and oxygen atoms in total. The van der Waals surface area contributed by atoms with Gasteiger partial charge in [-0.25, -0.2) is 0 Å². The molecule has 2 aliphatic rings. The van der Waals surface area contributed by atoms with Crippen molar-refractivity contribution in [1.82, 2.24) is 5.32 Å². The molecule has 26 heavy (non-hydrogen) atoms. The zero-order chi connectivity index (χ0) is 18.1. The van der Waals surface area contributed by atoms with Crippen LogP contribution in [0.25, 0.3) is 5.70 Å². The minimum Gasteiger partial charge on any atom is -0.490 e. The molecule has 0 spiro atoms. The van der Waals surface area contributed by atoms with Gasteiger partial charge in [0.2, 0.25) is 0 Å². The van der Waals surface area contributed by atoms with E-state index in [-0.39, 0.29) is 5.78 Å². The summed E-state index contributed by atoms with van der Waals surface area (Å²) in [5.41, 5.74) is 3.32. The van der Waals surface area contributed by atoms with Crippen molar-refractivity contribution in [2.24, 2.45) is 0 Å². The molecule has 2 aromatic carbocycles. The second-order valence-corrected chi connectivity index (χ2v) is 7.14. The molecule has 2 heterocycles. The van der Waals surface area contributed by atoms with E-state index in [1.54, 1.807) is 24.3 Å². The lowest BCUT2D eigenvalue weighted by atomic mass is 9.95. The predicted octanol–water partition coefficient (Wildman–Crippen LogP) is 4.52. The van der Waals surface area contributed by atoms with Gasteiger partial charge in [0.05, 0.1) is 13.2 Å². The smallest absolute Gasteiger partial charge is 0.188 e. The normalized spacial score (nSPS) is 17.2. The lowest BCUT2D eigenvalue weighted by molar-refractivity contribution is 0.104. The highest BCUT2D eigenvalue weighted by molar-refractivity contribution is 6.35. The van der Waals surface area contributed by atoms with Gasteiger partial charge in [-0.1, -0.05) is 23.2 Å². The van der Waals surface area contributed by atoms with Crippen LogP contribution < -0.4 is 14.8 Å². The van der Waals surface area contributed by atoms with Crippen LogP contribution in [0.15, 0.2) is 36.4 Å². The molecule has 0 fully saturated rings. The molecule has 0 amide bonds. The highest BCUT2D eigenvalue weighted by atomic mass is 35.5. The fourth-order valence-electron chi connectivity index (χ4n) is 3.17. The van der Waals surface area contributed by atoms with Gasteiger partial charge < -0.3 is 14.8 Å². The number of allylic oxidation sites excluding steroid dienone is 1. The quantitative estimate of drug-likeness (QED) is 0.605. The van der Waals surface area contributed by atoms with Gasteiger partial charge in [-0.2, -0.15) is 0 Å². The number of fused-ring (bicyclic) bond motifs is 2. The molecule has 0 saturated carbocycles. The maximum atomic E-state index is 12.7. The Balaban J connectivity index is 1.71. The number of hydrogen-bond donors (Lipinski definition) is 1. The van der Waals surface area contributed by atoms with Crippen LogP contribution in [0.5, 0.6) is 11.5 Å². The fourth-order valence-corrected chi connectivity index (χ4v) is 3.70. The van der Waals surface area contributed by atoms with Crippen molar-refractivity contribution in [1.29, 1.82) is 0 Å². The van der Waals surface area contributed by atoms with Crippen LogP contribution >= 0.6 is 23.2 Å². The van der Waals surface area contributed by atoms with Crippen LogP contribution in [-0.2, 0) is 6.42 Å². The molecule has 0 atom stereocenters. The molecule has 0 bridgehead atoms. The summed E-state index contributed by atoms with van der Waals surface area (Å²) in [4.78, 5) is 12.7. The number of carbonyl (C=O) groups excluding carboxylic acids is 1. The Bertz CT molecular complexity index is 888. The largest absolute Gasteiger partial charge is 0.490 e. The summed E-state index contributed by atoms with van der Waals surface area (Å²) in [5, 5.41) is 4.18. The summed E-state index contributed by atoms with van der Waals surface area (Å²) in [7, 11) is 0. The average molecular weight is 390 g/mol. The van der Waals surface area contributed by atoms with E-state index in [0.717, 1.165) is 42.0 Å². The second kappa shape index (κ2) is 7.22. The standard InChI is InChI=1S/C20H17Cl2NO3/c21-14-6-13(7-15(22)9-14)18(24)11-17-16-10-20-19(25-4-1-5-26-20)8-12(16)2-3-23-17/h6-11,23H,1-5H2/b17-11-. The van der Waals surface area contributed by atoms with Crippen LogP contribution in [-0.4, -0.2) is 25.5 Å². The van der Waals surface area contributed by atoms with Crippen molar-refractivity contribution in [3.63, 3.8) is 0 Å². The summed E-state index contributed by atoms with van der Waals surface area (Å²) >= 11 is 12.0. The van der Waals surface area contributed by atoms with Crippen molar-refractivity contribution in [3.05, 3.63) is 63.1 Å². The fraction of sp³-hybridized carbons (Fsp3) is 0.250. The summed E-state index contributed by atoms with van der Waals surface area (Å²) in [6.07, 6.45) is 3.30. The summed E-state index contributed by atoms with van der Waals surface area (Å²) < 4.78 is 11.5. The third-order valence-corrected chi connectivity index (χ3v) is 4.83. The van der Waals surface area contributed by atoms with Crippen molar-refractivity contribution >= 4 is 34.7 Å². The van der Waals surface area contributed by atoms with Gasteiger partial charge in [0.1, 0.15) is 0 Å². The first kappa shape index (κ1) is 17.3. The molecular formula is C20H17Cl2NO3. The molecular weight excluding hydrogens is 373 g/mol. The lowest BCUT2D eigenvalue weighted by Crippen LogP contribution is -2.23. The first-order valence-corrected chi connectivity index (χ1v) is 9.24. The highest BCUT2D eigenvalue weighted by Gasteiger charge is 2.21. The molecule has 134 valence electrons. The Labute approximate surface area is 161 Å². The molecule has 1 N–H and O–H groups in total. The Morgan fingerprint density at radius 1 is 1.00 bits per heavy atom. The number of ether oxygens (including phenoxy) is 2. The van der Waals surface area contributed by atoms with E-state index < -0.39 is 0 Å². The number of hydrogen-bond acceptors (Lipinski definition) is 4. The molecule has 2 aliphatic heterocycles. The van der Waals surface area contributed by atoms with Crippen molar-refractivity contribution < 1.29 is 14.3 Å². The van der Waals surface area contributed by atoms with Crippen LogP contribution in [0, 0.1) is 0 Å². The zero-order valence-electron chi connectivity index (χ0n) is 14.0. The number of halogens is 2. The third-order valence-electron chi connectivity index (χ3n) is 4.40. The average Bonchev–Trinajstić information content (AvgIpc) is 2.84. The second-order valence-electron chi connectivity index (χ2n) is 6.26. The Kier molecular flexibility index (Phi) is 4.79. The van der Waals surface area contributed by atoms with Crippen molar-refractivity contribution in [2.45, 2.75) is 12.8 Å². The van der Waals surface area contributed by atoms with Gasteiger partial charge in [0.25, 0.3) is 0 Å². The van der Waals surface area contributed by atoms with E-state index in [0.29, 0.717) is 34.6 Å². The topological polar surface area (TPSA) is 47.6 Å². The van der Waals surface area contributed by atoms with E-state index in [9.17, 15) is 4.79 Å². The number of ketones is 1. The number of rotatable bonds is 2. The SMILES string of the molecule is O=C(/C=C1\NCCc2cc3c(cc21)OCCCO3)c1cc(Cl)cc(Cl)c1. The summed E-state index contributed by atoms with van der Waals surface area (Å²) in [6.45, 7) is 2.03. The van der Waals surface area contributed by atoms with Crippen LogP contribution in [0.4, 0.5) is 0 Å². The van der Waals surface area contributed by atoms with E-state index in [4.69, 9.17) is 32.7 Å². The number of carbonyl (C=O) groups is 1. The van der Waals surface area contributed by atoms with Crippen LogP contribution in [0.1, 0.15) is 27.9 Å². The molecule has 2 aromatic rings. The lowest BCUT2D eigenvalue weighted by Gasteiger charge is -2.23. The summed E-state index contributed by atoms with van der Waals surface area (Å²) in [5.74, 6) is 1.33. The minimum absolute atomic E-state index is 0.156. The molecule has 0 unspecified atom stereocenters. The van der Waals surface area contributed by atoms with Gasteiger partial charge in [-0.15, -0.1) is 0 Å². The van der Waals surface area contributed by atoms with E-state index in [1.807, 2.05) is 12.1 Å². The van der Waals surface area contributed by atoms with Gasteiger partial charge in [-0.3, -0.25) is 4.79 Å². The van der Waals surface area contributed by atoms with Gasteiger partial charge in [0.15, 0.2) is 17.3 Å². The van der Waals surface area contributed by atoms with Gasteiger partial charge in [-0.05, 0) is 42.3 Å². The number of nitrogens with one attached hydrogen (secondary N) is 1. The van der Waals surface area contributed by atoms with Crippen LogP contribution in [0.2, 0.25) is 10.0 Å². The van der Waals surface area contributed by atoms with E-state index in [1.165, 1.54) is 0 Å². The maximum Gasteiger partial charge on any atom is 0.188 e. The van der Waals surface area contributed by atoms with E-state index in [2.05, 4.69) is 5.32 Å². The molecule has 4 rings (SSSR count). The van der Waals surface area contributed by atoms with E-state index >= 15 is 0 Å². The molecule has 6 heteroatoms. The first-order chi connectivity index (χ1) is 12.6. The monoisotopic (exact) mass is 389 g/mol. The molecule has 0 aliphatic carbocycles. The Morgan fingerprint density at radius 2 is 1.69 bits per heavy atom. The van der Waals surface area contributed by atoms with Crippen molar-refractivity contribution in [3.8, 4) is 11.5 Å². The zero-order valence-corrected chi connectivity index (χ0v) is 15.5. The third kappa shape index (κ3) is 3.53. The van der Waals surface area contributed by atoms with Crippen LogP contribution in [0.3, 0.4) is 0 Å². The first-order valence-electron chi connectivity index (χ1n) is 8.49. The summed E-state index contributed by atoms with van der Waals surface area (Å²) in [6, 6.07) is 8.81. The maximum absolute atomic E-state index is 12.7.